The molecule has 1 fully saturated rings. The number of rotatable bonds is 5. The highest BCUT2D eigenvalue weighted by Gasteiger charge is 2.19. The summed E-state index contributed by atoms with van der Waals surface area (Å²) in [6.45, 7) is 1.08. The van der Waals surface area contributed by atoms with Crippen LogP contribution in [0.2, 0.25) is 0 Å². The molecule has 0 radical (unpaired) electrons. The molecule has 3 nitrogen and oxygen atoms in total. The van der Waals surface area contributed by atoms with Crippen LogP contribution in [0.1, 0.15) is 37.4 Å². The summed E-state index contributed by atoms with van der Waals surface area (Å²) in [4.78, 5) is 0. The van der Waals surface area contributed by atoms with Crippen LogP contribution < -0.4 is 5.32 Å². The summed E-state index contributed by atoms with van der Waals surface area (Å²) < 4.78 is 25.9. The molecule has 1 aromatic carbocycles. The van der Waals surface area contributed by atoms with E-state index >= 15 is 0 Å². The molecule has 20 heavy (non-hydrogen) atoms. The van der Waals surface area contributed by atoms with E-state index in [-0.39, 0.29) is 6.10 Å². The first-order valence-electron chi connectivity index (χ1n) is 7.08. The van der Waals surface area contributed by atoms with Crippen LogP contribution in [-0.2, 0) is 0 Å². The van der Waals surface area contributed by atoms with Crippen molar-refractivity contribution < 1.29 is 19.0 Å². The van der Waals surface area contributed by atoms with Gasteiger partial charge in [-0.3, -0.25) is 0 Å². The molecule has 2 rings (SSSR count). The van der Waals surface area contributed by atoms with Crippen LogP contribution in [0.5, 0.6) is 0 Å². The maximum Gasteiger partial charge on any atom is 0.159 e. The number of hydrogen-bond acceptors (Lipinski definition) is 3. The van der Waals surface area contributed by atoms with Gasteiger partial charge in [0, 0.05) is 6.54 Å². The first-order chi connectivity index (χ1) is 9.56. The van der Waals surface area contributed by atoms with Gasteiger partial charge < -0.3 is 15.5 Å². The first-order valence-corrected chi connectivity index (χ1v) is 7.08. The van der Waals surface area contributed by atoms with Crippen molar-refractivity contribution in [2.24, 2.45) is 5.92 Å². The van der Waals surface area contributed by atoms with Crippen molar-refractivity contribution in [1.82, 2.24) is 5.32 Å². The number of aliphatic hydroxyl groups excluding tert-OH is 2. The fourth-order valence-corrected chi connectivity index (χ4v) is 2.61. The molecule has 0 aliphatic heterocycles. The molecule has 1 saturated carbocycles. The van der Waals surface area contributed by atoms with Gasteiger partial charge in [0.2, 0.25) is 0 Å². The van der Waals surface area contributed by atoms with E-state index in [1.807, 2.05) is 0 Å². The van der Waals surface area contributed by atoms with Crippen LogP contribution in [0.4, 0.5) is 8.78 Å². The Morgan fingerprint density at radius 1 is 1.15 bits per heavy atom. The van der Waals surface area contributed by atoms with Crippen LogP contribution in [0, 0.1) is 17.6 Å². The van der Waals surface area contributed by atoms with E-state index in [2.05, 4.69) is 5.32 Å². The van der Waals surface area contributed by atoms with E-state index in [4.69, 9.17) is 0 Å². The summed E-state index contributed by atoms with van der Waals surface area (Å²) in [6, 6.07) is 3.44. The highest BCUT2D eigenvalue weighted by atomic mass is 19.2. The van der Waals surface area contributed by atoms with Crippen LogP contribution in [-0.4, -0.2) is 29.4 Å². The van der Waals surface area contributed by atoms with Crippen molar-refractivity contribution in [3.05, 3.63) is 35.4 Å². The van der Waals surface area contributed by atoms with E-state index in [9.17, 15) is 19.0 Å². The molecule has 3 N–H and O–H groups in total. The van der Waals surface area contributed by atoms with Crippen LogP contribution in [0.15, 0.2) is 18.2 Å². The van der Waals surface area contributed by atoms with E-state index in [1.165, 1.54) is 6.07 Å². The molecule has 0 bridgehead atoms. The van der Waals surface area contributed by atoms with Crippen LogP contribution >= 0.6 is 0 Å². The van der Waals surface area contributed by atoms with Gasteiger partial charge in [0.05, 0.1) is 12.2 Å². The summed E-state index contributed by atoms with van der Waals surface area (Å²) in [6.07, 6.45) is 2.61. The Morgan fingerprint density at radius 3 is 2.50 bits per heavy atom. The third-order valence-electron chi connectivity index (χ3n) is 3.92. The predicted molar refractivity (Wildman–Crippen MR) is 72.2 cm³/mol. The molecule has 1 aliphatic rings. The van der Waals surface area contributed by atoms with Crippen molar-refractivity contribution in [1.29, 1.82) is 0 Å². The molecule has 0 spiro atoms. The highest BCUT2D eigenvalue weighted by molar-refractivity contribution is 5.20. The quantitative estimate of drug-likeness (QED) is 0.777. The largest absolute Gasteiger partial charge is 0.393 e. The van der Waals surface area contributed by atoms with Gasteiger partial charge in [0.1, 0.15) is 0 Å². The van der Waals surface area contributed by atoms with E-state index < -0.39 is 17.7 Å². The monoisotopic (exact) mass is 285 g/mol. The topological polar surface area (TPSA) is 52.5 Å². The lowest BCUT2D eigenvalue weighted by Crippen LogP contribution is -2.30. The maximum atomic E-state index is 13.1. The van der Waals surface area contributed by atoms with Gasteiger partial charge in [-0.1, -0.05) is 6.07 Å². The fraction of sp³-hybridized carbons (Fsp3) is 0.600. The molecule has 1 unspecified atom stereocenters. The van der Waals surface area contributed by atoms with Gasteiger partial charge in [0.25, 0.3) is 0 Å². The van der Waals surface area contributed by atoms with E-state index in [0.29, 0.717) is 18.0 Å². The molecule has 1 aromatic rings. The second-order valence-electron chi connectivity index (χ2n) is 5.52. The highest BCUT2D eigenvalue weighted by Crippen LogP contribution is 2.23. The number of aliphatic hydroxyl groups is 2. The molecular weight excluding hydrogens is 264 g/mol. The zero-order chi connectivity index (χ0) is 14.5. The molecule has 0 heterocycles. The Morgan fingerprint density at radius 2 is 1.85 bits per heavy atom. The summed E-state index contributed by atoms with van der Waals surface area (Å²) in [5, 5.41) is 22.5. The second-order valence-corrected chi connectivity index (χ2v) is 5.52. The van der Waals surface area contributed by atoms with E-state index in [0.717, 1.165) is 44.4 Å². The molecule has 5 heteroatoms. The zero-order valence-electron chi connectivity index (χ0n) is 11.4. The fourth-order valence-electron chi connectivity index (χ4n) is 2.61. The Bertz CT molecular complexity index is 434. The van der Waals surface area contributed by atoms with Crippen LogP contribution in [0.3, 0.4) is 0 Å². The second kappa shape index (κ2) is 7.11. The van der Waals surface area contributed by atoms with Crippen molar-refractivity contribution in [3.8, 4) is 0 Å². The summed E-state index contributed by atoms with van der Waals surface area (Å²) in [5.41, 5.74) is 0.371. The lowest BCUT2D eigenvalue weighted by atomic mass is 9.87. The Kier molecular flexibility index (Phi) is 5.46. The molecular formula is C15H21F2NO2. The molecule has 0 aromatic heterocycles. The van der Waals surface area contributed by atoms with Crippen molar-refractivity contribution >= 4 is 0 Å². The standard InChI is InChI=1S/C15H21F2NO2/c16-13-6-3-11(7-14(13)17)15(20)9-18-8-10-1-4-12(19)5-2-10/h3,6-7,10,12,15,18-20H,1-2,4-5,8-9H2. The summed E-state index contributed by atoms with van der Waals surface area (Å²) in [7, 11) is 0. The van der Waals surface area contributed by atoms with Gasteiger partial charge in [-0.2, -0.15) is 0 Å². The minimum Gasteiger partial charge on any atom is -0.393 e. The Balaban J connectivity index is 1.74. The number of nitrogens with one attached hydrogen (secondary N) is 1. The van der Waals surface area contributed by atoms with Gasteiger partial charge in [-0.05, 0) is 55.8 Å². The lowest BCUT2D eigenvalue weighted by molar-refractivity contribution is 0.106. The van der Waals surface area contributed by atoms with Gasteiger partial charge in [-0.25, -0.2) is 8.78 Å². The van der Waals surface area contributed by atoms with Gasteiger partial charge >= 0.3 is 0 Å². The van der Waals surface area contributed by atoms with Crippen molar-refractivity contribution in [2.75, 3.05) is 13.1 Å². The SMILES string of the molecule is OC1CCC(CNCC(O)c2ccc(F)c(F)c2)CC1. The van der Waals surface area contributed by atoms with Gasteiger partial charge in [-0.15, -0.1) is 0 Å². The summed E-state index contributed by atoms with van der Waals surface area (Å²) in [5.74, 6) is -1.34. The molecule has 1 atom stereocenters. The minimum atomic E-state index is -0.942. The molecule has 0 saturated heterocycles. The third kappa shape index (κ3) is 4.23. The molecule has 112 valence electrons. The first kappa shape index (κ1) is 15.4. The predicted octanol–water partition coefficient (Wildman–Crippen LogP) is 2.14. The van der Waals surface area contributed by atoms with Crippen molar-refractivity contribution in [2.45, 2.75) is 37.9 Å². The number of halogens is 2. The van der Waals surface area contributed by atoms with Gasteiger partial charge in [0.15, 0.2) is 11.6 Å². The smallest absolute Gasteiger partial charge is 0.159 e. The Hall–Kier alpha value is -1.04. The maximum absolute atomic E-state index is 13.1. The average Bonchev–Trinajstić information content (AvgIpc) is 2.44. The summed E-state index contributed by atoms with van der Waals surface area (Å²) >= 11 is 0. The van der Waals surface area contributed by atoms with Crippen LogP contribution in [0.25, 0.3) is 0 Å². The van der Waals surface area contributed by atoms with E-state index in [1.54, 1.807) is 0 Å². The third-order valence-corrected chi connectivity index (χ3v) is 3.92. The number of benzene rings is 1. The number of hydrogen-bond donors (Lipinski definition) is 3. The normalized spacial score (nSPS) is 24.6. The molecule has 0 amide bonds. The zero-order valence-corrected chi connectivity index (χ0v) is 11.4. The average molecular weight is 285 g/mol. The Labute approximate surface area is 117 Å². The van der Waals surface area contributed by atoms with Crippen molar-refractivity contribution in [3.63, 3.8) is 0 Å². The molecule has 1 aliphatic carbocycles. The lowest BCUT2D eigenvalue weighted by Gasteiger charge is -2.26. The minimum absolute atomic E-state index is 0.168.